The van der Waals surface area contributed by atoms with Crippen molar-refractivity contribution in [3.05, 3.63) is 18.7 Å². The number of ether oxygens (including phenoxy) is 2. The Hall–Kier alpha value is -0.950. The average molecular weight is 281 g/mol. The molecule has 2 saturated heterocycles. The molecule has 112 valence electrons. The fourth-order valence-electron chi connectivity index (χ4n) is 2.95. The summed E-state index contributed by atoms with van der Waals surface area (Å²) in [5.41, 5.74) is 0. The lowest BCUT2D eigenvalue weighted by Crippen LogP contribution is -2.57. The number of nitrogens with zero attached hydrogens (tertiary/aromatic N) is 2. The Bertz CT molecular complexity index is 423. The number of fused-ring (bicyclic) bond motifs is 2. The molecule has 1 aromatic rings. The summed E-state index contributed by atoms with van der Waals surface area (Å²) in [5, 5.41) is 14.1. The van der Waals surface area contributed by atoms with E-state index in [4.69, 9.17) is 9.47 Å². The highest BCUT2D eigenvalue weighted by atomic mass is 16.7. The van der Waals surface area contributed by atoms with Gasteiger partial charge in [-0.25, -0.2) is 4.98 Å². The second kappa shape index (κ2) is 5.81. The summed E-state index contributed by atoms with van der Waals surface area (Å²) in [4.78, 5) is 4.04. The minimum absolute atomic E-state index is 0.0677. The monoisotopic (exact) mass is 281 g/mol. The number of rotatable bonds is 5. The van der Waals surface area contributed by atoms with Crippen molar-refractivity contribution in [2.24, 2.45) is 5.92 Å². The molecule has 0 amide bonds. The SMILES string of the molecule is CC(C)CCN[C@H]1[C@H](O)[C@@H](n2ccnc2)[C@@H]2OC[C@H]1O2. The third kappa shape index (κ3) is 2.61. The zero-order chi connectivity index (χ0) is 14.1. The Balaban J connectivity index is 1.70. The molecule has 1 aromatic heterocycles. The maximum absolute atomic E-state index is 10.7. The number of nitrogens with one attached hydrogen (secondary N) is 1. The molecule has 0 aliphatic carbocycles. The maximum atomic E-state index is 10.7. The highest BCUT2D eigenvalue weighted by molar-refractivity contribution is 5.01. The van der Waals surface area contributed by atoms with Crippen LogP contribution in [0.1, 0.15) is 26.3 Å². The first kappa shape index (κ1) is 14.0. The molecule has 2 fully saturated rings. The number of hydrogen-bond donors (Lipinski definition) is 2. The van der Waals surface area contributed by atoms with Crippen molar-refractivity contribution in [1.82, 2.24) is 14.9 Å². The number of aliphatic hydroxyl groups is 1. The zero-order valence-electron chi connectivity index (χ0n) is 12.0. The lowest BCUT2D eigenvalue weighted by Gasteiger charge is -2.39. The van der Waals surface area contributed by atoms with E-state index in [-0.39, 0.29) is 24.5 Å². The standard InChI is InChI=1S/C14H23N3O3/c1-9(2)3-4-16-11-10-7-19-14(20-10)12(13(11)18)17-6-5-15-8-17/h5-6,8-14,16,18H,3-4,7H2,1-2H3/t10-,11-,12-,13+,14-/m1/s1. The van der Waals surface area contributed by atoms with Crippen LogP contribution in [0.4, 0.5) is 0 Å². The molecule has 0 spiro atoms. The van der Waals surface area contributed by atoms with E-state index in [1.165, 1.54) is 0 Å². The molecule has 3 heterocycles. The van der Waals surface area contributed by atoms with E-state index in [1.807, 2.05) is 10.8 Å². The molecule has 6 heteroatoms. The van der Waals surface area contributed by atoms with Crippen molar-refractivity contribution in [2.45, 2.75) is 50.8 Å². The molecule has 2 aliphatic rings. The van der Waals surface area contributed by atoms with Crippen molar-refractivity contribution in [2.75, 3.05) is 13.2 Å². The van der Waals surface area contributed by atoms with Crippen LogP contribution in [0.5, 0.6) is 0 Å². The number of imidazole rings is 1. The van der Waals surface area contributed by atoms with Crippen molar-refractivity contribution in [3.63, 3.8) is 0 Å². The molecular formula is C14H23N3O3. The number of aromatic nitrogens is 2. The quantitative estimate of drug-likeness (QED) is 0.824. The van der Waals surface area contributed by atoms with E-state index < -0.39 is 6.10 Å². The summed E-state index contributed by atoms with van der Waals surface area (Å²) in [7, 11) is 0. The first-order chi connectivity index (χ1) is 9.66. The summed E-state index contributed by atoms with van der Waals surface area (Å²) >= 11 is 0. The van der Waals surface area contributed by atoms with Crippen LogP contribution in [0.3, 0.4) is 0 Å². The Morgan fingerprint density at radius 3 is 3.05 bits per heavy atom. The van der Waals surface area contributed by atoms with Crippen LogP contribution in [-0.2, 0) is 9.47 Å². The van der Waals surface area contributed by atoms with Crippen molar-refractivity contribution < 1.29 is 14.6 Å². The average Bonchev–Trinajstić information content (AvgIpc) is 3.04. The van der Waals surface area contributed by atoms with Crippen molar-refractivity contribution >= 4 is 0 Å². The highest BCUT2D eigenvalue weighted by Crippen LogP contribution is 2.35. The summed E-state index contributed by atoms with van der Waals surface area (Å²) in [6.45, 7) is 5.80. The van der Waals surface area contributed by atoms with E-state index in [9.17, 15) is 5.11 Å². The summed E-state index contributed by atoms with van der Waals surface area (Å²) in [5.74, 6) is 0.640. The van der Waals surface area contributed by atoms with Crippen LogP contribution in [0, 0.1) is 5.92 Å². The Labute approximate surface area is 119 Å². The van der Waals surface area contributed by atoms with Gasteiger partial charge in [-0.1, -0.05) is 13.8 Å². The minimum atomic E-state index is -0.539. The van der Waals surface area contributed by atoms with Gasteiger partial charge in [0, 0.05) is 12.4 Å². The van der Waals surface area contributed by atoms with E-state index in [0.717, 1.165) is 13.0 Å². The lowest BCUT2D eigenvalue weighted by atomic mass is 9.95. The van der Waals surface area contributed by atoms with Gasteiger partial charge in [-0.2, -0.15) is 0 Å². The third-order valence-corrected chi connectivity index (χ3v) is 4.10. The normalized spacial score (nSPS) is 36.7. The minimum Gasteiger partial charge on any atom is -0.389 e. The number of aliphatic hydroxyl groups excluding tert-OH is 1. The molecule has 3 rings (SSSR count). The van der Waals surface area contributed by atoms with E-state index >= 15 is 0 Å². The van der Waals surface area contributed by atoms with Gasteiger partial charge in [0.25, 0.3) is 0 Å². The molecule has 0 radical (unpaired) electrons. The molecule has 6 nitrogen and oxygen atoms in total. The topological polar surface area (TPSA) is 68.5 Å². The van der Waals surface area contributed by atoms with Crippen LogP contribution in [-0.4, -0.2) is 52.3 Å². The highest BCUT2D eigenvalue weighted by Gasteiger charge is 2.50. The van der Waals surface area contributed by atoms with Crippen LogP contribution in [0.2, 0.25) is 0 Å². The summed E-state index contributed by atoms with van der Waals surface area (Å²) in [6.07, 6.45) is 5.33. The molecular weight excluding hydrogens is 258 g/mol. The molecule has 5 atom stereocenters. The Morgan fingerprint density at radius 1 is 1.50 bits per heavy atom. The fourth-order valence-corrected chi connectivity index (χ4v) is 2.95. The fraction of sp³-hybridized carbons (Fsp3) is 0.786. The van der Waals surface area contributed by atoms with Gasteiger partial charge >= 0.3 is 0 Å². The van der Waals surface area contributed by atoms with Gasteiger partial charge in [-0.3, -0.25) is 0 Å². The van der Waals surface area contributed by atoms with Crippen molar-refractivity contribution in [1.29, 1.82) is 0 Å². The van der Waals surface area contributed by atoms with Gasteiger partial charge < -0.3 is 24.5 Å². The second-order valence-electron chi connectivity index (χ2n) is 6.03. The van der Waals surface area contributed by atoms with Gasteiger partial charge in [0.2, 0.25) is 0 Å². The first-order valence-corrected chi connectivity index (χ1v) is 7.33. The number of hydrogen-bond acceptors (Lipinski definition) is 5. The molecule has 0 aromatic carbocycles. The van der Waals surface area contributed by atoms with Crippen LogP contribution in [0.25, 0.3) is 0 Å². The Kier molecular flexibility index (Phi) is 4.07. The molecule has 20 heavy (non-hydrogen) atoms. The molecule has 0 unspecified atom stereocenters. The third-order valence-electron chi connectivity index (χ3n) is 4.10. The predicted molar refractivity (Wildman–Crippen MR) is 73.1 cm³/mol. The van der Waals surface area contributed by atoms with E-state index in [0.29, 0.717) is 12.5 Å². The van der Waals surface area contributed by atoms with Gasteiger partial charge in [0.15, 0.2) is 6.29 Å². The van der Waals surface area contributed by atoms with Gasteiger partial charge in [0.1, 0.15) is 12.1 Å². The van der Waals surface area contributed by atoms with Crippen molar-refractivity contribution in [3.8, 4) is 0 Å². The predicted octanol–water partition coefficient (Wildman–Crippen LogP) is 0.544. The molecule has 2 bridgehead atoms. The Morgan fingerprint density at radius 2 is 2.35 bits per heavy atom. The lowest BCUT2D eigenvalue weighted by molar-refractivity contribution is -0.165. The molecule has 2 aliphatic heterocycles. The molecule has 2 N–H and O–H groups in total. The first-order valence-electron chi connectivity index (χ1n) is 7.33. The molecule has 0 saturated carbocycles. The van der Waals surface area contributed by atoms with Gasteiger partial charge in [0.05, 0.1) is 25.1 Å². The van der Waals surface area contributed by atoms with Gasteiger partial charge in [-0.15, -0.1) is 0 Å². The summed E-state index contributed by atoms with van der Waals surface area (Å²) in [6, 6.07) is -0.340. The maximum Gasteiger partial charge on any atom is 0.181 e. The smallest absolute Gasteiger partial charge is 0.181 e. The van der Waals surface area contributed by atoms with E-state index in [1.54, 1.807) is 12.5 Å². The van der Waals surface area contributed by atoms with Crippen LogP contribution in [0.15, 0.2) is 18.7 Å². The largest absolute Gasteiger partial charge is 0.389 e. The zero-order valence-corrected chi connectivity index (χ0v) is 12.0. The second-order valence-corrected chi connectivity index (χ2v) is 6.03. The van der Waals surface area contributed by atoms with Crippen LogP contribution < -0.4 is 5.32 Å². The van der Waals surface area contributed by atoms with Gasteiger partial charge in [-0.05, 0) is 18.9 Å². The summed E-state index contributed by atoms with van der Waals surface area (Å²) < 4.78 is 13.4. The van der Waals surface area contributed by atoms with Crippen LogP contribution >= 0.6 is 0 Å². The van der Waals surface area contributed by atoms with E-state index in [2.05, 4.69) is 24.1 Å².